The van der Waals surface area contributed by atoms with Gasteiger partial charge in [-0.05, 0) is 62.4 Å². The van der Waals surface area contributed by atoms with Crippen molar-refractivity contribution < 1.29 is 18.7 Å². The third kappa shape index (κ3) is 4.56. The minimum absolute atomic E-state index is 0.0989. The molecule has 0 saturated heterocycles. The fourth-order valence-corrected chi connectivity index (χ4v) is 7.90. The predicted octanol–water partition coefficient (Wildman–Crippen LogP) is 6.61. The quantitative estimate of drug-likeness (QED) is 0.485. The summed E-state index contributed by atoms with van der Waals surface area (Å²) in [6.07, 6.45) is 8.04. The van der Waals surface area contributed by atoms with Crippen LogP contribution in [0.25, 0.3) is 0 Å². The van der Waals surface area contributed by atoms with Gasteiger partial charge in [0.05, 0.1) is 17.7 Å². The molecule has 1 heterocycles. The highest BCUT2D eigenvalue weighted by molar-refractivity contribution is 8.15. The van der Waals surface area contributed by atoms with Gasteiger partial charge in [0.15, 0.2) is 0 Å². The Hall–Kier alpha value is -2.51. The number of halogens is 1. The van der Waals surface area contributed by atoms with Crippen LogP contribution >= 0.6 is 11.6 Å². The SMILES string of the molecule is CC1=CC=C(S(C)(=O)(O)N2C(c3cccc(Cl)c3)CC=C(C(=O)O)C2c2cccc(C)c2)CC1. The standard InChI is InChI=1S/C27H30ClNO4S/c1-18-10-12-23(13-11-18)34(3,32,33)29-25(20-7-5-9-22(28)17-20)15-14-24(27(30)31)26(29)21-8-4-6-19(2)16-21/h4-10,12,14,16-17,25-26H,11,13,15H2,1-3H3,(H,30,31)(H,32,33). The Labute approximate surface area is 205 Å². The van der Waals surface area contributed by atoms with Gasteiger partial charge in [0.1, 0.15) is 0 Å². The van der Waals surface area contributed by atoms with Gasteiger partial charge < -0.3 is 5.11 Å². The molecule has 0 saturated carbocycles. The molecule has 1 aliphatic heterocycles. The van der Waals surface area contributed by atoms with E-state index in [9.17, 15) is 18.7 Å². The van der Waals surface area contributed by atoms with E-state index in [4.69, 9.17) is 11.6 Å². The maximum atomic E-state index is 14.8. The second-order valence-corrected chi connectivity index (χ2v) is 13.2. The second kappa shape index (κ2) is 8.93. The molecule has 2 unspecified atom stereocenters. The summed E-state index contributed by atoms with van der Waals surface area (Å²) >= 11 is 6.30. The zero-order valence-corrected chi connectivity index (χ0v) is 21.1. The molecule has 5 nitrogen and oxygen atoms in total. The van der Waals surface area contributed by atoms with Crippen LogP contribution < -0.4 is 0 Å². The van der Waals surface area contributed by atoms with Crippen LogP contribution in [0.1, 0.15) is 55.0 Å². The first-order valence-corrected chi connectivity index (χ1v) is 13.9. The first kappa shape index (κ1) is 24.6. The summed E-state index contributed by atoms with van der Waals surface area (Å²) < 4.78 is 28.5. The van der Waals surface area contributed by atoms with Crippen LogP contribution in [0.15, 0.2) is 82.8 Å². The van der Waals surface area contributed by atoms with E-state index in [2.05, 4.69) is 0 Å². The lowest BCUT2D eigenvalue weighted by Crippen LogP contribution is -2.55. The van der Waals surface area contributed by atoms with Crippen molar-refractivity contribution in [3.05, 3.63) is 105 Å². The summed E-state index contributed by atoms with van der Waals surface area (Å²) in [6, 6.07) is 13.2. The fourth-order valence-electron chi connectivity index (χ4n) is 4.94. The Morgan fingerprint density at radius 1 is 1.06 bits per heavy atom. The molecule has 1 aliphatic carbocycles. The summed E-state index contributed by atoms with van der Waals surface area (Å²) in [4.78, 5) is 12.8. The number of carbonyl (C=O) groups is 1. The zero-order chi connectivity index (χ0) is 24.7. The van der Waals surface area contributed by atoms with E-state index in [1.807, 2.05) is 56.3 Å². The molecule has 0 aromatic heterocycles. The number of hydrogen-bond acceptors (Lipinski definition) is 2. The van der Waals surface area contributed by atoms with Gasteiger partial charge in [-0.2, -0.15) is 8.51 Å². The van der Waals surface area contributed by atoms with Crippen molar-refractivity contribution in [2.45, 2.75) is 45.2 Å². The zero-order valence-electron chi connectivity index (χ0n) is 19.6. The van der Waals surface area contributed by atoms with Crippen LogP contribution in [-0.4, -0.2) is 30.4 Å². The summed E-state index contributed by atoms with van der Waals surface area (Å²) in [6.45, 7) is 3.92. The van der Waals surface area contributed by atoms with Crippen molar-refractivity contribution in [1.29, 1.82) is 0 Å². The molecule has 0 spiro atoms. The van der Waals surface area contributed by atoms with Crippen molar-refractivity contribution in [3.8, 4) is 0 Å². The Morgan fingerprint density at radius 3 is 2.38 bits per heavy atom. The van der Waals surface area contributed by atoms with Crippen molar-refractivity contribution >= 4 is 27.1 Å². The highest BCUT2D eigenvalue weighted by Gasteiger charge is 2.48. The smallest absolute Gasteiger partial charge is 0.333 e. The Kier molecular flexibility index (Phi) is 6.46. The number of nitrogens with zero attached hydrogens (tertiary/aromatic N) is 1. The van der Waals surface area contributed by atoms with Gasteiger partial charge in [-0.25, -0.2) is 4.79 Å². The molecule has 0 radical (unpaired) electrons. The lowest BCUT2D eigenvalue weighted by Gasteiger charge is -2.57. The summed E-state index contributed by atoms with van der Waals surface area (Å²) in [5, 5.41) is 10.7. The van der Waals surface area contributed by atoms with E-state index in [0.717, 1.165) is 16.7 Å². The van der Waals surface area contributed by atoms with Gasteiger partial charge in [-0.1, -0.05) is 71.3 Å². The maximum Gasteiger partial charge on any atom is 0.333 e. The fraction of sp³-hybridized carbons (Fsp3) is 0.296. The molecule has 7 heteroatoms. The molecule has 0 fully saturated rings. The van der Waals surface area contributed by atoms with E-state index in [1.54, 1.807) is 28.6 Å². The molecular weight excluding hydrogens is 470 g/mol. The number of aliphatic carboxylic acids is 1. The third-order valence-electron chi connectivity index (χ3n) is 6.68. The summed E-state index contributed by atoms with van der Waals surface area (Å²) in [5.41, 5.74) is 3.61. The maximum absolute atomic E-state index is 14.8. The number of benzene rings is 2. The van der Waals surface area contributed by atoms with E-state index < -0.39 is 27.6 Å². The van der Waals surface area contributed by atoms with Crippen molar-refractivity contribution in [3.63, 3.8) is 0 Å². The molecular formula is C27H30ClNO4S. The van der Waals surface area contributed by atoms with E-state index in [1.165, 1.54) is 6.26 Å². The minimum Gasteiger partial charge on any atom is -0.478 e. The van der Waals surface area contributed by atoms with Crippen LogP contribution in [0.2, 0.25) is 5.02 Å². The average molecular weight is 500 g/mol. The molecule has 0 bridgehead atoms. The molecule has 2 aromatic carbocycles. The van der Waals surface area contributed by atoms with Gasteiger partial charge in [0.25, 0.3) is 0 Å². The van der Waals surface area contributed by atoms with Crippen molar-refractivity contribution in [1.82, 2.24) is 4.31 Å². The summed E-state index contributed by atoms with van der Waals surface area (Å²) in [5.74, 6) is -1.10. The van der Waals surface area contributed by atoms with Gasteiger partial charge in [0.2, 0.25) is 0 Å². The third-order valence-corrected chi connectivity index (χ3v) is 9.92. The lowest BCUT2D eigenvalue weighted by molar-refractivity contribution is -0.133. The summed E-state index contributed by atoms with van der Waals surface area (Å²) in [7, 11) is -4.68. The average Bonchev–Trinajstić information content (AvgIpc) is 2.78. The van der Waals surface area contributed by atoms with Gasteiger partial charge in [-0.15, -0.1) is 9.53 Å². The predicted molar refractivity (Wildman–Crippen MR) is 138 cm³/mol. The topological polar surface area (TPSA) is 77.8 Å². The van der Waals surface area contributed by atoms with Gasteiger partial charge in [0, 0.05) is 16.2 Å². The number of carboxylic acids is 1. The molecule has 34 heavy (non-hydrogen) atoms. The molecule has 4 rings (SSSR count). The Balaban J connectivity index is 2.01. The van der Waals surface area contributed by atoms with Crippen LogP contribution in [0, 0.1) is 6.92 Å². The Bertz CT molecular complexity index is 1300. The normalized spacial score (nSPS) is 22.7. The first-order chi connectivity index (χ1) is 16.0. The largest absolute Gasteiger partial charge is 0.478 e. The highest BCUT2D eigenvalue weighted by Crippen LogP contribution is 2.53. The van der Waals surface area contributed by atoms with Crippen LogP contribution in [-0.2, 0) is 14.3 Å². The van der Waals surface area contributed by atoms with Crippen molar-refractivity contribution in [2.24, 2.45) is 0 Å². The van der Waals surface area contributed by atoms with Gasteiger partial charge >= 0.3 is 5.97 Å². The van der Waals surface area contributed by atoms with Crippen LogP contribution in [0.3, 0.4) is 0 Å². The van der Waals surface area contributed by atoms with Crippen molar-refractivity contribution in [2.75, 3.05) is 6.26 Å². The minimum atomic E-state index is -4.68. The number of aryl methyl sites for hydroxylation is 1. The first-order valence-electron chi connectivity index (χ1n) is 11.3. The number of carboxylic acid groups (broad SMARTS) is 1. The molecule has 180 valence electrons. The second-order valence-electron chi connectivity index (χ2n) is 9.33. The molecule has 0 amide bonds. The molecule has 2 aromatic rings. The number of rotatable bonds is 5. The number of allylic oxidation sites excluding steroid dienone is 4. The molecule has 2 N–H and O–H groups in total. The van der Waals surface area contributed by atoms with E-state index >= 15 is 0 Å². The molecule has 2 aliphatic rings. The van der Waals surface area contributed by atoms with Crippen LogP contribution in [0.5, 0.6) is 0 Å². The molecule has 2 atom stereocenters. The Morgan fingerprint density at radius 2 is 1.76 bits per heavy atom. The number of hydrogen-bond donors (Lipinski definition) is 2. The van der Waals surface area contributed by atoms with Gasteiger partial charge in [-0.3, -0.25) is 4.55 Å². The lowest BCUT2D eigenvalue weighted by atomic mass is 9.89. The van der Waals surface area contributed by atoms with E-state index in [-0.39, 0.29) is 12.0 Å². The highest BCUT2D eigenvalue weighted by atomic mass is 35.5. The van der Waals surface area contributed by atoms with Crippen LogP contribution in [0.4, 0.5) is 0 Å². The monoisotopic (exact) mass is 499 g/mol. The van der Waals surface area contributed by atoms with E-state index in [0.29, 0.717) is 28.3 Å².